The second-order valence-electron chi connectivity index (χ2n) is 6.34. The summed E-state index contributed by atoms with van der Waals surface area (Å²) in [6, 6.07) is 14.2. The maximum Gasteiger partial charge on any atom is 0.274 e. The van der Waals surface area contributed by atoms with Crippen molar-refractivity contribution in [1.82, 2.24) is 9.55 Å². The van der Waals surface area contributed by atoms with Crippen molar-refractivity contribution in [2.75, 3.05) is 11.1 Å². The van der Waals surface area contributed by atoms with Gasteiger partial charge in [0, 0.05) is 22.8 Å². The van der Waals surface area contributed by atoms with Crippen LogP contribution in [0.2, 0.25) is 5.02 Å². The zero-order valence-electron chi connectivity index (χ0n) is 14.4. The maximum absolute atomic E-state index is 13.1. The van der Waals surface area contributed by atoms with Gasteiger partial charge < -0.3 is 9.88 Å². The molecule has 0 radical (unpaired) electrons. The monoisotopic (exact) mass is 401 g/mol. The molecule has 27 heavy (non-hydrogen) atoms. The number of hydrogen-bond donors (Lipinski definition) is 1. The molecule has 0 saturated heterocycles. The molecule has 1 aromatic heterocycles. The Morgan fingerprint density at radius 1 is 1.15 bits per heavy atom. The molecule has 1 N–H and O–H groups in total. The summed E-state index contributed by atoms with van der Waals surface area (Å²) in [5.74, 6) is -0.453. The van der Waals surface area contributed by atoms with Gasteiger partial charge in [0.05, 0.1) is 5.75 Å². The lowest BCUT2D eigenvalue weighted by Crippen LogP contribution is -2.18. The van der Waals surface area contributed by atoms with E-state index in [1.807, 2.05) is 25.1 Å². The molecule has 0 bridgehead atoms. The van der Waals surface area contributed by atoms with Crippen LogP contribution >= 0.6 is 11.6 Å². The predicted octanol–water partition coefficient (Wildman–Crippen LogP) is 3.55. The third kappa shape index (κ3) is 3.13. The Balaban J connectivity index is 1.85. The summed E-state index contributed by atoms with van der Waals surface area (Å²) in [6.45, 7) is 2.09. The zero-order valence-corrected chi connectivity index (χ0v) is 16.0. The first-order chi connectivity index (χ1) is 12.9. The van der Waals surface area contributed by atoms with Gasteiger partial charge in [0.15, 0.2) is 0 Å². The summed E-state index contributed by atoms with van der Waals surface area (Å²) in [5.41, 5.74) is 2.77. The van der Waals surface area contributed by atoms with E-state index in [1.165, 1.54) is 4.57 Å². The fourth-order valence-corrected chi connectivity index (χ4v) is 4.59. The van der Waals surface area contributed by atoms with Crippen LogP contribution in [0, 0.1) is 6.92 Å². The highest BCUT2D eigenvalue weighted by Gasteiger charge is 2.35. The minimum atomic E-state index is -3.49. The first-order valence-electron chi connectivity index (χ1n) is 8.33. The predicted molar refractivity (Wildman–Crippen MR) is 104 cm³/mol. The molecule has 0 spiro atoms. The van der Waals surface area contributed by atoms with Crippen LogP contribution in [0.3, 0.4) is 0 Å². The molecule has 1 aliphatic heterocycles. The summed E-state index contributed by atoms with van der Waals surface area (Å²) in [6.07, 6.45) is 0. The number of fused-ring (bicyclic) bond motifs is 1. The molecule has 4 rings (SSSR count). The zero-order chi connectivity index (χ0) is 19.2. The van der Waals surface area contributed by atoms with Gasteiger partial charge in [0.1, 0.15) is 11.4 Å². The first kappa shape index (κ1) is 17.8. The molecule has 2 aromatic carbocycles. The number of aryl methyl sites for hydroxylation is 1. The van der Waals surface area contributed by atoms with E-state index < -0.39 is 15.7 Å². The number of rotatable bonds is 3. The van der Waals surface area contributed by atoms with Crippen molar-refractivity contribution in [3.8, 4) is 11.3 Å². The van der Waals surface area contributed by atoms with Gasteiger partial charge in [-0.1, -0.05) is 41.9 Å². The Hall–Kier alpha value is -2.64. The molecule has 6 nitrogen and oxygen atoms in total. The lowest BCUT2D eigenvalue weighted by atomic mass is 10.1. The second kappa shape index (κ2) is 6.51. The number of sulfone groups is 1. The summed E-state index contributed by atoms with van der Waals surface area (Å²) in [4.78, 5) is 17.4. The van der Waals surface area contributed by atoms with Crippen LogP contribution in [0.25, 0.3) is 11.3 Å². The molecule has 8 heteroatoms. The molecule has 1 amide bonds. The molecule has 138 valence electrons. The third-order valence-electron chi connectivity index (χ3n) is 4.52. The molecule has 0 saturated carbocycles. The average molecular weight is 402 g/mol. The quantitative estimate of drug-likeness (QED) is 0.727. The number of imidazole rings is 1. The number of carbonyl (C=O) groups is 1. The minimum absolute atomic E-state index is 0.0547. The van der Waals surface area contributed by atoms with Gasteiger partial charge in [-0.2, -0.15) is 0 Å². The number of amides is 1. The van der Waals surface area contributed by atoms with Gasteiger partial charge in [-0.25, -0.2) is 13.4 Å². The largest absolute Gasteiger partial charge is 0.320 e. The van der Waals surface area contributed by atoms with Crippen LogP contribution in [-0.2, 0) is 16.4 Å². The van der Waals surface area contributed by atoms with Crippen molar-refractivity contribution in [1.29, 1.82) is 0 Å². The van der Waals surface area contributed by atoms with E-state index in [4.69, 9.17) is 11.6 Å². The van der Waals surface area contributed by atoms with Crippen molar-refractivity contribution < 1.29 is 13.2 Å². The Morgan fingerprint density at radius 3 is 2.56 bits per heavy atom. The normalized spacial score (nSPS) is 14.7. The van der Waals surface area contributed by atoms with E-state index in [0.29, 0.717) is 22.0 Å². The number of anilines is 1. The smallest absolute Gasteiger partial charge is 0.274 e. The van der Waals surface area contributed by atoms with Crippen LogP contribution in [0.4, 0.5) is 5.69 Å². The topological polar surface area (TPSA) is 81.1 Å². The standard InChI is InChI=1S/C19H16ClN3O3S/c1-12-4-2-3-5-15(12)21-18(24)17-16(13-6-8-14(20)9-7-13)22-19-23(17)10-11-27(19,25)26/h2-9H,10-11H2,1H3,(H,21,24). The van der Waals surface area contributed by atoms with Gasteiger partial charge in [0.2, 0.25) is 15.0 Å². The van der Waals surface area contributed by atoms with Crippen LogP contribution < -0.4 is 5.32 Å². The van der Waals surface area contributed by atoms with Gasteiger partial charge in [-0.3, -0.25) is 4.79 Å². The molecule has 0 atom stereocenters. The van der Waals surface area contributed by atoms with Crippen molar-refractivity contribution in [2.24, 2.45) is 0 Å². The number of halogens is 1. The highest BCUT2D eigenvalue weighted by Crippen LogP contribution is 2.31. The van der Waals surface area contributed by atoms with E-state index >= 15 is 0 Å². The molecule has 1 aliphatic rings. The Kier molecular flexibility index (Phi) is 4.28. The van der Waals surface area contributed by atoms with E-state index in [-0.39, 0.29) is 23.1 Å². The number of carbonyl (C=O) groups excluding carboxylic acids is 1. The van der Waals surface area contributed by atoms with Crippen molar-refractivity contribution in [2.45, 2.75) is 18.6 Å². The SMILES string of the molecule is Cc1ccccc1NC(=O)c1c(-c2ccc(Cl)cc2)nc2n1CCS2(=O)=O. The molecule has 0 fully saturated rings. The van der Waals surface area contributed by atoms with E-state index in [9.17, 15) is 13.2 Å². The van der Waals surface area contributed by atoms with Crippen molar-refractivity contribution in [3.05, 3.63) is 64.8 Å². The van der Waals surface area contributed by atoms with Gasteiger partial charge >= 0.3 is 0 Å². The summed E-state index contributed by atoms with van der Waals surface area (Å²) >= 11 is 5.95. The lowest BCUT2D eigenvalue weighted by Gasteiger charge is -2.11. The van der Waals surface area contributed by atoms with Crippen molar-refractivity contribution >= 4 is 33.0 Å². The molecule has 0 aliphatic carbocycles. The van der Waals surface area contributed by atoms with Gasteiger partial charge in [0.25, 0.3) is 5.91 Å². The van der Waals surface area contributed by atoms with E-state index in [0.717, 1.165) is 5.56 Å². The minimum Gasteiger partial charge on any atom is -0.320 e. The van der Waals surface area contributed by atoms with Crippen LogP contribution in [0.1, 0.15) is 16.1 Å². The molecular formula is C19H16ClN3O3S. The number of hydrogen-bond acceptors (Lipinski definition) is 4. The molecular weight excluding hydrogens is 386 g/mol. The highest BCUT2D eigenvalue weighted by molar-refractivity contribution is 7.91. The molecule has 3 aromatic rings. The van der Waals surface area contributed by atoms with Gasteiger partial charge in [-0.05, 0) is 30.7 Å². The maximum atomic E-state index is 13.1. The molecule has 0 unspecified atom stereocenters. The Morgan fingerprint density at radius 2 is 1.85 bits per heavy atom. The third-order valence-corrected chi connectivity index (χ3v) is 6.36. The lowest BCUT2D eigenvalue weighted by molar-refractivity contribution is 0.101. The fraction of sp³-hybridized carbons (Fsp3) is 0.158. The summed E-state index contributed by atoms with van der Waals surface area (Å²) in [5, 5.41) is 3.35. The fourth-order valence-electron chi connectivity index (χ4n) is 3.11. The second-order valence-corrected chi connectivity index (χ2v) is 8.78. The Labute approximate surface area is 161 Å². The highest BCUT2D eigenvalue weighted by atomic mass is 35.5. The first-order valence-corrected chi connectivity index (χ1v) is 10.4. The molecule has 2 heterocycles. The van der Waals surface area contributed by atoms with Crippen LogP contribution in [0.15, 0.2) is 53.7 Å². The number of aromatic nitrogens is 2. The Bertz CT molecular complexity index is 1150. The van der Waals surface area contributed by atoms with Crippen LogP contribution in [0.5, 0.6) is 0 Å². The number of benzene rings is 2. The van der Waals surface area contributed by atoms with Gasteiger partial charge in [-0.15, -0.1) is 0 Å². The number of nitrogens with one attached hydrogen (secondary N) is 1. The number of nitrogens with zero attached hydrogens (tertiary/aromatic N) is 2. The van der Waals surface area contributed by atoms with E-state index in [2.05, 4.69) is 10.3 Å². The number of para-hydroxylation sites is 1. The summed E-state index contributed by atoms with van der Waals surface area (Å²) < 4.78 is 26.1. The van der Waals surface area contributed by atoms with E-state index in [1.54, 1.807) is 30.3 Å². The average Bonchev–Trinajstić information content (AvgIpc) is 3.15. The van der Waals surface area contributed by atoms with Crippen LogP contribution in [-0.4, -0.2) is 29.6 Å². The van der Waals surface area contributed by atoms with Crippen molar-refractivity contribution in [3.63, 3.8) is 0 Å². The summed E-state index contributed by atoms with van der Waals surface area (Å²) in [7, 11) is -3.49.